The Morgan fingerprint density at radius 1 is 1.60 bits per heavy atom. The Labute approximate surface area is 87.0 Å². The number of nitrogens with two attached hydrogens (primary N) is 1. The number of nitrogen functional groups attached to an aromatic ring is 1. The van der Waals surface area contributed by atoms with Gasteiger partial charge in [-0.05, 0) is 6.42 Å². The molecule has 3 N–H and O–H groups in total. The van der Waals surface area contributed by atoms with E-state index in [1.165, 1.54) is 11.8 Å². The number of carbonyl (C=O) groups is 1. The van der Waals surface area contributed by atoms with Crippen molar-refractivity contribution in [3.05, 3.63) is 16.0 Å². The van der Waals surface area contributed by atoms with Crippen LogP contribution in [0.25, 0.3) is 0 Å². The number of H-pyrrole nitrogens is 1. The van der Waals surface area contributed by atoms with E-state index in [0.29, 0.717) is 6.54 Å². The molecule has 0 saturated carbocycles. The molecule has 84 valence electrons. The Morgan fingerprint density at radius 2 is 2.27 bits per heavy atom. The SMILES string of the molecule is CCCCn1[nH]c(C(=O)OC)c(N)c1=O. The van der Waals surface area contributed by atoms with Gasteiger partial charge in [-0.25, -0.2) is 4.79 Å². The van der Waals surface area contributed by atoms with Crippen LogP contribution in [0.4, 0.5) is 5.69 Å². The van der Waals surface area contributed by atoms with Crippen LogP contribution in [0.15, 0.2) is 4.79 Å². The molecule has 0 radical (unpaired) electrons. The highest BCUT2D eigenvalue weighted by Gasteiger charge is 2.17. The fraction of sp³-hybridized carbons (Fsp3) is 0.556. The van der Waals surface area contributed by atoms with Crippen LogP contribution in [0, 0.1) is 0 Å². The van der Waals surface area contributed by atoms with Crippen LogP contribution in [0.1, 0.15) is 30.3 Å². The first-order valence-corrected chi connectivity index (χ1v) is 4.78. The van der Waals surface area contributed by atoms with Crippen molar-refractivity contribution in [2.24, 2.45) is 0 Å². The summed E-state index contributed by atoms with van der Waals surface area (Å²) >= 11 is 0. The molecule has 0 saturated heterocycles. The summed E-state index contributed by atoms with van der Waals surface area (Å²) in [5.41, 5.74) is 5.06. The van der Waals surface area contributed by atoms with Gasteiger partial charge in [-0.2, -0.15) is 0 Å². The zero-order valence-corrected chi connectivity index (χ0v) is 8.87. The molecular formula is C9H15N3O3. The van der Waals surface area contributed by atoms with E-state index >= 15 is 0 Å². The number of aromatic amines is 1. The minimum Gasteiger partial charge on any atom is -0.464 e. The van der Waals surface area contributed by atoms with Gasteiger partial charge in [-0.3, -0.25) is 14.6 Å². The Morgan fingerprint density at radius 3 is 2.80 bits per heavy atom. The molecule has 6 heteroatoms. The maximum Gasteiger partial charge on any atom is 0.358 e. The third-order valence-corrected chi connectivity index (χ3v) is 2.12. The number of unbranched alkanes of at least 4 members (excludes halogenated alkanes) is 1. The molecule has 0 aliphatic heterocycles. The van der Waals surface area contributed by atoms with Crippen LogP contribution in [-0.2, 0) is 11.3 Å². The van der Waals surface area contributed by atoms with Crippen LogP contribution in [0.5, 0.6) is 0 Å². The molecule has 0 amide bonds. The summed E-state index contributed by atoms with van der Waals surface area (Å²) in [4.78, 5) is 22.7. The van der Waals surface area contributed by atoms with E-state index in [1.807, 2.05) is 6.92 Å². The normalized spacial score (nSPS) is 10.3. The number of esters is 1. The van der Waals surface area contributed by atoms with E-state index in [4.69, 9.17) is 5.73 Å². The summed E-state index contributed by atoms with van der Waals surface area (Å²) in [6.07, 6.45) is 1.80. The fourth-order valence-corrected chi connectivity index (χ4v) is 1.23. The van der Waals surface area contributed by atoms with E-state index in [2.05, 4.69) is 9.84 Å². The van der Waals surface area contributed by atoms with Crippen molar-refractivity contribution in [3.8, 4) is 0 Å². The number of aryl methyl sites for hydroxylation is 1. The summed E-state index contributed by atoms with van der Waals surface area (Å²) < 4.78 is 5.81. The second-order valence-corrected chi connectivity index (χ2v) is 3.20. The third kappa shape index (κ3) is 2.20. The highest BCUT2D eigenvalue weighted by Crippen LogP contribution is 2.05. The molecule has 6 nitrogen and oxygen atoms in total. The maximum absolute atomic E-state index is 11.5. The van der Waals surface area contributed by atoms with Crippen LogP contribution in [0.2, 0.25) is 0 Å². The molecule has 1 heterocycles. The van der Waals surface area contributed by atoms with Crippen molar-refractivity contribution < 1.29 is 9.53 Å². The van der Waals surface area contributed by atoms with E-state index in [1.54, 1.807) is 0 Å². The maximum atomic E-state index is 11.5. The predicted molar refractivity (Wildman–Crippen MR) is 55.7 cm³/mol. The molecule has 0 fully saturated rings. The Hall–Kier alpha value is -1.72. The fourth-order valence-electron chi connectivity index (χ4n) is 1.23. The monoisotopic (exact) mass is 213 g/mol. The smallest absolute Gasteiger partial charge is 0.358 e. The van der Waals surface area contributed by atoms with Crippen LogP contribution >= 0.6 is 0 Å². The molecule has 1 aromatic heterocycles. The highest BCUT2D eigenvalue weighted by molar-refractivity contribution is 5.92. The van der Waals surface area contributed by atoms with Crippen molar-refractivity contribution in [2.45, 2.75) is 26.3 Å². The topological polar surface area (TPSA) is 90.1 Å². The number of nitrogens with zero attached hydrogens (tertiary/aromatic N) is 1. The second kappa shape index (κ2) is 4.68. The van der Waals surface area contributed by atoms with Crippen molar-refractivity contribution in [2.75, 3.05) is 12.8 Å². The molecule has 0 spiro atoms. The lowest BCUT2D eigenvalue weighted by atomic mass is 10.3. The van der Waals surface area contributed by atoms with Crippen LogP contribution in [-0.4, -0.2) is 22.9 Å². The minimum atomic E-state index is -0.625. The lowest BCUT2D eigenvalue weighted by molar-refractivity contribution is 0.0594. The molecule has 1 aromatic rings. The lowest BCUT2D eigenvalue weighted by Gasteiger charge is -1.98. The second-order valence-electron chi connectivity index (χ2n) is 3.20. The van der Waals surface area contributed by atoms with Gasteiger partial charge in [-0.1, -0.05) is 13.3 Å². The third-order valence-electron chi connectivity index (χ3n) is 2.12. The molecule has 15 heavy (non-hydrogen) atoms. The molecule has 0 aliphatic carbocycles. The van der Waals surface area contributed by atoms with E-state index in [0.717, 1.165) is 12.8 Å². The van der Waals surface area contributed by atoms with Crippen LogP contribution in [0.3, 0.4) is 0 Å². The van der Waals surface area contributed by atoms with Gasteiger partial charge in [0.05, 0.1) is 7.11 Å². The highest BCUT2D eigenvalue weighted by atomic mass is 16.5. The van der Waals surface area contributed by atoms with Gasteiger partial charge in [-0.15, -0.1) is 0 Å². The summed E-state index contributed by atoms with van der Waals surface area (Å²) in [6, 6.07) is 0. The number of nitrogens with one attached hydrogen (secondary N) is 1. The predicted octanol–water partition coefficient (Wildman–Crippen LogP) is 0.345. The number of hydrogen-bond acceptors (Lipinski definition) is 4. The quantitative estimate of drug-likeness (QED) is 0.706. The summed E-state index contributed by atoms with van der Waals surface area (Å²) in [6.45, 7) is 2.54. The van der Waals surface area contributed by atoms with Gasteiger partial charge >= 0.3 is 5.97 Å². The van der Waals surface area contributed by atoms with E-state index in [-0.39, 0.29) is 16.9 Å². The number of anilines is 1. The first-order chi connectivity index (χ1) is 7.11. The number of ether oxygens (including phenoxy) is 1. The Kier molecular flexibility index (Phi) is 3.54. The molecule has 0 aliphatic rings. The summed E-state index contributed by atoms with van der Waals surface area (Å²) in [5.74, 6) is -0.625. The number of methoxy groups -OCH3 is 1. The van der Waals surface area contributed by atoms with Gasteiger partial charge in [0.2, 0.25) is 0 Å². The van der Waals surface area contributed by atoms with E-state index < -0.39 is 5.97 Å². The first-order valence-electron chi connectivity index (χ1n) is 4.78. The first kappa shape index (κ1) is 11.4. The van der Waals surface area contributed by atoms with E-state index in [9.17, 15) is 9.59 Å². The van der Waals surface area contributed by atoms with Crippen molar-refractivity contribution in [3.63, 3.8) is 0 Å². The van der Waals surface area contributed by atoms with Gasteiger partial charge in [0.1, 0.15) is 5.69 Å². The largest absolute Gasteiger partial charge is 0.464 e. The Balaban J connectivity index is 3.01. The minimum absolute atomic E-state index is 0.0265. The molecule has 0 unspecified atom stereocenters. The van der Waals surface area contributed by atoms with Crippen molar-refractivity contribution >= 4 is 11.7 Å². The molecule has 0 aromatic carbocycles. The van der Waals surface area contributed by atoms with Crippen LogP contribution < -0.4 is 11.3 Å². The van der Waals surface area contributed by atoms with Gasteiger partial charge in [0.15, 0.2) is 5.69 Å². The van der Waals surface area contributed by atoms with Gasteiger partial charge in [0, 0.05) is 6.54 Å². The zero-order chi connectivity index (χ0) is 11.4. The summed E-state index contributed by atoms with van der Waals surface area (Å²) in [7, 11) is 1.24. The van der Waals surface area contributed by atoms with Crippen molar-refractivity contribution in [1.29, 1.82) is 0 Å². The molecule has 1 rings (SSSR count). The standard InChI is InChI=1S/C9H15N3O3/c1-3-4-5-12-8(13)6(10)7(11-12)9(14)15-2/h11H,3-5,10H2,1-2H3. The van der Waals surface area contributed by atoms with Crippen molar-refractivity contribution in [1.82, 2.24) is 9.78 Å². The summed E-state index contributed by atoms with van der Waals surface area (Å²) in [5, 5.41) is 2.64. The van der Waals surface area contributed by atoms with Gasteiger partial charge in [0.25, 0.3) is 5.56 Å². The number of aromatic nitrogens is 2. The molecule has 0 bridgehead atoms. The average molecular weight is 213 g/mol. The Bertz CT molecular complexity index is 405. The zero-order valence-electron chi connectivity index (χ0n) is 8.87. The molecule has 0 atom stereocenters. The number of hydrogen-bond donors (Lipinski definition) is 2. The average Bonchev–Trinajstić information content (AvgIpc) is 2.53. The van der Waals surface area contributed by atoms with Gasteiger partial charge < -0.3 is 10.5 Å². The number of carbonyl (C=O) groups excluding carboxylic acids is 1. The lowest BCUT2D eigenvalue weighted by Crippen LogP contribution is -2.18. The number of rotatable bonds is 4. The molecular weight excluding hydrogens is 198 g/mol.